The lowest BCUT2D eigenvalue weighted by Crippen LogP contribution is -2.16. The molecule has 6 nitrogen and oxygen atoms in total. The molecule has 0 aliphatic carbocycles. The highest BCUT2D eigenvalue weighted by molar-refractivity contribution is 7.15. The Hall–Kier alpha value is -3.03. The number of benzene rings is 2. The summed E-state index contributed by atoms with van der Waals surface area (Å²) in [5.74, 6) is 1.29. The van der Waals surface area contributed by atoms with E-state index in [-0.39, 0.29) is 12.3 Å². The van der Waals surface area contributed by atoms with Crippen LogP contribution in [0.2, 0.25) is 5.02 Å². The normalized spacial score (nSPS) is 11.0. The standard InChI is InChI=1S/C23H22ClN3O3S/c1-13-7-14(2)22(18(24)8-13)26-21(28)9-15-12-31-23-25-19(11-27(15)23)17-10-16(29-3)5-6-20(17)30-4/h5-8,10-12H,9H2,1-4H3,(H,26,28). The Bertz CT molecular complexity index is 1260. The van der Waals surface area contributed by atoms with Crippen molar-refractivity contribution in [3.63, 3.8) is 0 Å². The first kappa shape index (κ1) is 21.2. The number of imidazole rings is 1. The van der Waals surface area contributed by atoms with Crippen molar-refractivity contribution < 1.29 is 14.3 Å². The van der Waals surface area contributed by atoms with Gasteiger partial charge in [-0.05, 0) is 49.2 Å². The Balaban J connectivity index is 1.61. The van der Waals surface area contributed by atoms with Crippen molar-refractivity contribution in [3.05, 3.63) is 63.8 Å². The molecule has 0 fully saturated rings. The number of thiazole rings is 1. The Morgan fingerprint density at radius 3 is 2.71 bits per heavy atom. The highest BCUT2D eigenvalue weighted by atomic mass is 35.5. The second-order valence-corrected chi connectivity index (χ2v) is 8.48. The number of hydrogen-bond acceptors (Lipinski definition) is 5. The number of methoxy groups -OCH3 is 2. The molecule has 2 aromatic heterocycles. The number of halogens is 1. The van der Waals surface area contributed by atoms with E-state index in [0.29, 0.717) is 16.5 Å². The van der Waals surface area contributed by atoms with Crippen molar-refractivity contribution in [2.24, 2.45) is 0 Å². The number of aryl methyl sites for hydroxylation is 2. The van der Waals surface area contributed by atoms with E-state index in [0.717, 1.165) is 38.8 Å². The number of aromatic nitrogens is 2. The Labute approximate surface area is 189 Å². The predicted octanol–water partition coefficient (Wildman–Crippen LogP) is 5.53. The van der Waals surface area contributed by atoms with Crippen LogP contribution in [0, 0.1) is 13.8 Å². The number of fused-ring (bicyclic) bond motifs is 1. The highest BCUT2D eigenvalue weighted by Crippen LogP contribution is 2.34. The second-order valence-electron chi connectivity index (χ2n) is 7.24. The molecule has 2 aromatic carbocycles. The van der Waals surface area contributed by atoms with Crippen LogP contribution < -0.4 is 14.8 Å². The number of anilines is 1. The molecule has 0 saturated carbocycles. The number of rotatable bonds is 6. The number of nitrogens with one attached hydrogen (secondary N) is 1. The van der Waals surface area contributed by atoms with Gasteiger partial charge < -0.3 is 14.8 Å². The maximum absolute atomic E-state index is 12.7. The van der Waals surface area contributed by atoms with E-state index in [2.05, 4.69) is 5.32 Å². The fourth-order valence-electron chi connectivity index (χ4n) is 3.52. The third-order valence-electron chi connectivity index (χ3n) is 5.00. The topological polar surface area (TPSA) is 64.9 Å². The lowest BCUT2D eigenvalue weighted by molar-refractivity contribution is -0.115. The number of carbonyl (C=O) groups excluding carboxylic acids is 1. The van der Waals surface area contributed by atoms with E-state index in [4.69, 9.17) is 26.1 Å². The van der Waals surface area contributed by atoms with E-state index in [1.54, 1.807) is 14.2 Å². The zero-order chi connectivity index (χ0) is 22.1. The molecule has 1 N–H and O–H groups in total. The maximum atomic E-state index is 12.7. The number of ether oxygens (including phenoxy) is 2. The van der Waals surface area contributed by atoms with Gasteiger partial charge in [-0.3, -0.25) is 9.20 Å². The van der Waals surface area contributed by atoms with Crippen LogP contribution in [0.5, 0.6) is 11.5 Å². The maximum Gasteiger partial charge on any atom is 0.230 e. The van der Waals surface area contributed by atoms with Crippen molar-refractivity contribution in [3.8, 4) is 22.8 Å². The summed E-state index contributed by atoms with van der Waals surface area (Å²) in [6.45, 7) is 3.90. The monoisotopic (exact) mass is 455 g/mol. The van der Waals surface area contributed by atoms with Crippen molar-refractivity contribution >= 4 is 39.5 Å². The van der Waals surface area contributed by atoms with Crippen LogP contribution in [-0.2, 0) is 11.2 Å². The van der Waals surface area contributed by atoms with Gasteiger partial charge in [0.1, 0.15) is 11.5 Å². The molecule has 160 valence electrons. The molecule has 4 rings (SSSR count). The van der Waals surface area contributed by atoms with Gasteiger partial charge >= 0.3 is 0 Å². The lowest BCUT2D eigenvalue weighted by Gasteiger charge is -2.11. The molecule has 1 amide bonds. The summed E-state index contributed by atoms with van der Waals surface area (Å²) in [5, 5.41) is 5.42. The summed E-state index contributed by atoms with van der Waals surface area (Å²) in [6.07, 6.45) is 2.12. The van der Waals surface area contributed by atoms with E-state index < -0.39 is 0 Å². The van der Waals surface area contributed by atoms with Crippen LogP contribution in [0.1, 0.15) is 16.8 Å². The van der Waals surface area contributed by atoms with E-state index in [1.165, 1.54) is 11.3 Å². The molecule has 31 heavy (non-hydrogen) atoms. The Kier molecular flexibility index (Phi) is 5.89. The van der Waals surface area contributed by atoms with Crippen LogP contribution in [0.15, 0.2) is 41.9 Å². The molecular formula is C23H22ClN3O3S. The van der Waals surface area contributed by atoms with Crippen molar-refractivity contribution in [2.45, 2.75) is 20.3 Å². The fourth-order valence-corrected chi connectivity index (χ4v) is 4.76. The third kappa shape index (κ3) is 4.24. The number of nitrogens with zero attached hydrogens (tertiary/aromatic N) is 2. The van der Waals surface area contributed by atoms with Crippen molar-refractivity contribution in [1.82, 2.24) is 9.38 Å². The minimum absolute atomic E-state index is 0.136. The average Bonchev–Trinajstić information content (AvgIpc) is 3.32. The van der Waals surface area contributed by atoms with Gasteiger partial charge in [0.25, 0.3) is 0 Å². The van der Waals surface area contributed by atoms with Crippen LogP contribution in [0.3, 0.4) is 0 Å². The largest absolute Gasteiger partial charge is 0.497 e. The molecular weight excluding hydrogens is 434 g/mol. The first-order chi connectivity index (χ1) is 14.9. The smallest absolute Gasteiger partial charge is 0.230 e. The Morgan fingerprint density at radius 1 is 1.19 bits per heavy atom. The van der Waals surface area contributed by atoms with Crippen LogP contribution in [-0.4, -0.2) is 29.5 Å². The molecule has 0 bridgehead atoms. The Morgan fingerprint density at radius 2 is 2.00 bits per heavy atom. The first-order valence-electron chi connectivity index (χ1n) is 9.64. The van der Waals surface area contributed by atoms with Gasteiger partial charge in [-0.15, -0.1) is 11.3 Å². The zero-order valence-electron chi connectivity index (χ0n) is 17.7. The average molecular weight is 456 g/mol. The minimum Gasteiger partial charge on any atom is -0.497 e. The van der Waals surface area contributed by atoms with Crippen LogP contribution >= 0.6 is 22.9 Å². The molecule has 4 aromatic rings. The van der Waals surface area contributed by atoms with E-state index in [1.807, 2.05) is 60.2 Å². The highest BCUT2D eigenvalue weighted by Gasteiger charge is 2.17. The summed E-state index contributed by atoms with van der Waals surface area (Å²) >= 11 is 7.81. The summed E-state index contributed by atoms with van der Waals surface area (Å²) in [7, 11) is 3.24. The molecule has 0 unspecified atom stereocenters. The molecule has 2 heterocycles. The van der Waals surface area contributed by atoms with Crippen molar-refractivity contribution in [2.75, 3.05) is 19.5 Å². The van der Waals surface area contributed by atoms with Gasteiger partial charge in [-0.2, -0.15) is 0 Å². The first-order valence-corrected chi connectivity index (χ1v) is 10.9. The summed E-state index contributed by atoms with van der Waals surface area (Å²) < 4.78 is 12.8. The van der Waals surface area contributed by atoms with Crippen molar-refractivity contribution in [1.29, 1.82) is 0 Å². The lowest BCUT2D eigenvalue weighted by atomic mass is 10.1. The van der Waals surface area contributed by atoms with Gasteiger partial charge in [0, 0.05) is 22.8 Å². The van der Waals surface area contributed by atoms with Crippen LogP contribution in [0.25, 0.3) is 16.2 Å². The van der Waals surface area contributed by atoms with Gasteiger partial charge in [-0.25, -0.2) is 4.98 Å². The van der Waals surface area contributed by atoms with Gasteiger partial charge in [0.05, 0.1) is 37.0 Å². The van der Waals surface area contributed by atoms with Gasteiger partial charge in [0.15, 0.2) is 4.96 Å². The zero-order valence-corrected chi connectivity index (χ0v) is 19.2. The molecule has 0 radical (unpaired) electrons. The predicted molar refractivity (Wildman–Crippen MR) is 125 cm³/mol. The van der Waals surface area contributed by atoms with Gasteiger partial charge in [-0.1, -0.05) is 17.7 Å². The summed E-state index contributed by atoms with van der Waals surface area (Å²) in [5.41, 5.74) is 5.06. The SMILES string of the molecule is COc1ccc(OC)c(-c2cn3c(CC(=O)Nc4c(C)cc(C)cc4Cl)csc3n2)c1. The molecule has 0 aliphatic heterocycles. The molecule has 0 spiro atoms. The fraction of sp³-hybridized carbons (Fsp3) is 0.217. The molecule has 0 saturated heterocycles. The quantitative estimate of drug-likeness (QED) is 0.415. The van der Waals surface area contributed by atoms with E-state index >= 15 is 0 Å². The molecule has 0 atom stereocenters. The molecule has 8 heteroatoms. The number of hydrogen-bond donors (Lipinski definition) is 1. The number of amides is 1. The van der Waals surface area contributed by atoms with Gasteiger partial charge in [0.2, 0.25) is 5.91 Å². The minimum atomic E-state index is -0.136. The third-order valence-corrected chi connectivity index (χ3v) is 6.19. The second kappa shape index (κ2) is 8.61. The summed E-state index contributed by atoms with van der Waals surface area (Å²) in [4.78, 5) is 18.2. The van der Waals surface area contributed by atoms with E-state index in [9.17, 15) is 4.79 Å². The molecule has 0 aliphatic rings. The van der Waals surface area contributed by atoms with Crippen LogP contribution in [0.4, 0.5) is 5.69 Å². The summed E-state index contributed by atoms with van der Waals surface area (Å²) in [6, 6.07) is 9.42. The number of carbonyl (C=O) groups is 1.